The molecule has 0 amide bonds. The van der Waals surface area contributed by atoms with Gasteiger partial charge in [0.15, 0.2) is 0 Å². The Labute approximate surface area is 119 Å². The van der Waals surface area contributed by atoms with Gasteiger partial charge in [0.1, 0.15) is 0 Å². The van der Waals surface area contributed by atoms with Crippen molar-refractivity contribution in [3.63, 3.8) is 0 Å². The number of aromatic nitrogens is 2. The lowest BCUT2D eigenvalue weighted by molar-refractivity contribution is 0.177. The van der Waals surface area contributed by atoms with Crippen molar-refractivity contribution in [3.8, 4) is 0 Å². The zero-order chi connectivity index (χ0) is 13.0. The van der Waals surface area contributed by atoms with Gasteiger partial charge in [0, 0.05) is 30.7 Å². The molecule has 0 aromatic carbocycles. The van der Waals surface area contributed by atoms with E-state index in [0.717, 1.165) is 24.2 Å². The second kappa shape index (κ2) is 6.71. The fraction of sp³-hybridized carbons (Fsp3) is 0.786. The SMILES string of the molecule is CCC(C)n1ccc(CN2CCCC(CBr)C2)n1. The Balaban J connectivity index is 1.90. The summed E-state index contributed by atoms with van der Waals surface area (Å²) < 4.78 is 2.10. The van der Waals surface area contributed by atoms with E-state index in [4.69, 9.17) is 0 Å². The number of piperidine rings is 1. The topological polar surface area (TPSA) is 21.1 Å². The van der Waals surface area contributed by atoms with Crippen LogP contribution in [-0.4, -0.2) is 33.1 Å². The second-order valence-corrected chi connectivity index (χ2v) is 6.09. The van der Waals surface area contributed by atoms with E-state index < -0.39 is 0 Å². The summed E-state index contributed by atoms with van der Waals surface area (Å²) in [6.45, 7) is 7.86. The molecule has 1 saturated heterocycles. The fourth-order valence-corrected chi connectivity index (χ4v) is 3.07. The van der Waals surface area contributed by atoms with E-state index in [1.807, 2.05) is 0 Å². The lowest BCUT2D eigenvalue weighted by Crippen LogP contribution is -2.35. The molecule has 0 N–H and O–H groups in total. The summed E-state index contributed by atoms with van der Waals surface area (Å²) in [6, 6.07) is 2.68. The van der Waals surface area contributed by atoms with Gasteiger partial charge in [-0.25, -0.2) is 0 Å². The Bertz CT molecular complexity index is 364. The van der Waals surface area contributed by atoms with Crippen LogP contribution >= 0.6 is 15.9 Å². The number of hydrogen-bond donors (Lipinski definition) is 0. The van der Waals surface area contributed by atoms with Crippen LogP contribution in [0.1, 0.15) is 44.8 Å². The van der Waals surface area contributed by atoms with Crippen molar-refractivity contribution in [1.82, 2.24) is 14.7 Å². The van der Waals surface area contributed by atoms with Crippen molar-refractivity contribution < 1.29 is 0 Å². The molecule has 0 radical (unpaired) electrons. The molecule has 1 aromatic heterocycles. The average Bonchev–Trinajstić information content (AvgIpc) is 2.86. The first-order valence-electron chi connectivity index (χ1n) is 7.05. The predicted octanol–water partition coefficient (Wildman–Crippen LogP) is 3.46. The molecule has 1 aromatic rings. The van der Waals surface area contributed by atoms with Gasteiger partial charge in [-0.1, -0.05) is 22.9 Å². The average molecular weight is 314 g/mol. The predicted molar refractivity (Wildman–Crippen MR) is 79.0 cm³/mol. The van der Waals surface area contributed by atoms with Crippen molar-refractivity contribution in [2.24, 2.45) is 5.92 Å². The zero-order valence-corrected chi connectivity index (χ0v) is 13.1. The lowest BCUT2D eigenvalue weighted by Gasteiger charge is -2.31. The van der Waals surface area contributed by atoms with Gasteiger partial charge < -0.3 is 0 Å². The van der Waals surface area contributed by atoms with Crippen molar-refractivity contribution in [2.75, 3.05) is 18.4 Å². The van der Waals surface area contributed by atoms with Crippen LogP contribution in [0.5, 0.6) is 0 Å². The van der Waals surface area contributed by atoms with Gasteiger partial charge >= 0.3 is 0 Å². The summed E-state index contributed by atoms with van der Waals surface area (Å²) in [4.78, 5) is 2.54. The van der Waals surface area contributed by atoms with Crippen LogP contribution in [0.15, 0.2) is 12.3 Å². The summed E-state index contributed by atoms with van der Waals surface area (Å²) in [7, 11) is 0. The third-order valence-electron chi connectivity index (χ3n) is 3.91. The Kier molecular flexibility index (Phi) is 5.25. The highest BCUT2D eigenvalue weighted by molar-refractivity contribution is 9.09. The van der Waals surface area contributed by atoms with E-state index in [2.05, 4.69) is 56.7 Å². The number of halogens is 1. The van der Waals surface area contributed by atoms with Crippen LogP contribution in [0, 0.1) is 5.92 Å². The molecule has 2 rings (SSSR count). The summed E-state index contributed by atoms with van der Waals surface area (Å²) in [5, 5.41) is 5.82. The molecular formula is C14H24BrN3. The highest BCUT2D eigenvalue weighted by atomic mass is 79.9. The first-order valence-corrected chi connectivity index (χ1v) is 8.17. The molecule has 18 heavy (non-hydrogen) atoms. The molecule has 4 heteroatoms. The van der Waals surface area contributed by atoms with Crippen LogP contribution in [0.2, 0.25) is 0 Å². The Morgan fingerprint density at radius 2 is 2.39 bits per heavy atom. The highest BCUT2D eigenvalue weighted by Crippen LogP contribution is 2.20. The minimum absolute atomic E-state index is 0.510. The molecule has 1 aliphatic heterocycles. The normalized spacial score (nSPS) is 23.2. The maximum Gasteiger partial charge on any atom is 0.0764 e. The lowest BCUT2D eigenvalue weighted by atomic mass is 10.0. The first-order chi connectivity index (χ1) is 8.72. The molecule has 102 valence electrons. The van der Waals surface area contributed by atoms with E-state index in [1.54, 1.807) is 0 Å². The van der Waals surface area contributed by atoms with Crippen LogP contribution in [0.4, 0.5) is 0 Å². The van der Waals surface area contributed by atoms with Crippen molar-refractivity contribution in [3.05, 3.63) is 18.0 Å². The molecule has 0 spiro atoms. The van der Waals surface area contributed by atoms with E-state index in [9.17, 15) is 0 Å². The Morgan fingerprint density at radius 1 is 1.56 bits per heavy atom. The summed E-state index contributed by atoms with van der Waals surface area (Å²) >= 11 is 3.61. The van der Waals surface area contributed by atoms with E-state index >= 15 is 0 Å². The largest absolute Gasteiger partial charge is 0.297 e. The smallest absolute Gasteiger partial charge is 0.0764 e. The number of hydrogen-bond acceptors (Lipinski definition) is 2. The van der Waals surface area contributed by atoms with Crippen LogP contribution in [-0.2, 0) is 6.54 Å². The first kappa shape index (κ1) is 14.1. The van der Waals surface area contributed by atoms with Crippen molar-refractivity contribution in [1.29, 1.82) is 0 Å². The van der Waals surface area contributed by atoms with E-state index in [0.29, 0.717) is 6.04 Å². The summed E-state index contributed by atoms with van der Waals surface area (Å²) in [5.41, 5.74) is 1.21. The number of likely N-dealkylation sites (tertiary alicyclic amines) is 1. The molecule has 2 unspecified atom stereocenters. The van der Waals surface area contributed by atoms with Crippen molar-refractivity contribution >= 4 is 15.9 Å². The molecule has 0 saturated carbocycles. The van der Waals surface area contributed by atoms with E-state index in [1.165, 1.54) is 31.6 Å². The Hall–Kier alpha value is -0.350. The van der Waals surface area contributed by atoms with Crippen LogP contribution in [0.3, 0.4) is 0 Å². The molecule has 1 fully saturated rings. The quantitative estimate of drug-likeness (QED) is 0.776. The third kappa shape index (κ3) is 3.58. The maximum absolute atomic E-state index is 4.69. The highest BCUT2D eigenvalue weighted by Gasteiger charge is 2.19. The fourth-order valence-electron chi connectivity index (χ4n) is 2.54. The van der Waals surface area contributed by atoms with Gasteiger partial charge in [-0.15, -0.1) is 0 Å². The van der Waals surface area contributed by atoms with Gasteiger partial charge in [-0.2, -0.15) is 5.10 Å². The number of alkyl halides is 1. The summed E-state index contributed by atoms with van der Waals surface area (Å²) in [5.74, 6) is 0.815. The van der Waals surface area contributed by atoms with Crippen molar-refractivity contribution in [2.45, 2.75) is 45.7 Å². The maximum atomic E-state index is 4.69. The number of rotatable bonds is 5. The minimum Gasteiger partial charge on any atom is -0.297 e. The second-order valence-electron chi connectivity index (χ2n) is 5.44. The van der Waals surface area contributed by atoms with Gasteiger partial charge in [-0.3, -0.25) is 9.58 Å². The molecule has 3 nitrogen and oxygen atoms in total. The van der Waals surface area contributed by atoms with Gasteiger partial charge in [-0.05, 0) is 44.7 Å². The molecular weight excluding hydrogens is 290 g/mol. The Morgan fingerprint density at radius 3 is 3.11 bits per heavy atom. The monoisotopic (exact) mass is 313 g/mol. The van der Waals surface area contributed by atoms with E-state index in [-0.39, 0.29) is 0 Å². The molecule has 1 aliphatic rings. The van der Waals surface area contributed by atoms with Crippen LogP contribution < -0.4 is 0 Å². The standard InChI is InChI=1S/C14H24BrN3/c1-3-12(2)18-8-6-14(16-18)11-17-7-4-5-13(9-15)10-17/h6,8,12-13H,3-5,7,9-11H2,1-2H3. The molecule has 2 heterocycles. The molecule has 0 bridgehead atoms. The molecule has 0 aliphatic carbocycles. The van der Waals surface area contributed by atoms with Gasteiger partial charge in [0.05, 0.1) is 5.69 Å². The van der Waals surface area contributed by atoms with Gasteiger partial charge in [0.25, 0.3) is 0 Å². The summed E-state index contributed by atoms with van der Waals surface area (Å²) in [6.07, 6.45) is 5.94. The molecule has 2 atom stereocenters. The third-order valence-corrected chi connectivity index (χ3v) is 4.83. The van der Waals surface area contributed by atoms with Gasteiger partial charge in [0.2, 0.25) is 0 Å². The zero-order valence-electron chi connectivity index (χ0n) is 11.5. The van der Waals surface area contributed by atoms with Crippen LogP contribution in [0.25, 0.3) is 0 Å². The minimum atomic E-state index is 0.510. The number of nitrogens with zero attached hydrogens (tertiary/aromatic N) is 3.